The van der Waals surface area contributed by atoms with Gasteiger partial charge in [0.15, 0.2) is 0 Å². The molecule has 3 atom stereocenters. The van der Waals surface area contributed by atoms with E-state index in [9.17, 15) is 27.4 Å². The molecule has 3 amide bonds. The highest BCUT2D eigenvalue weighted by atomic mass is 32.1. The predicted molar refractivity (Wildman–Crippen MR) is 152 cm³/mol. The Balaban J connectivity index is 1.12. The van der Waals surface area contributed by atoms with Crippen LogP contribution >= 0.6 is 0 Å². The number of H-pyrrole nitrogens is 1. The molecule has 42 heavy (non-hydrogen) atoms. The molecule has 3 heterocycles. The Hall–Kier alpha value is -4.58. The summed E-state index contributed by atoms with van der Waals surface area (Å²) < 4.78 is 41.3. The molecule has 1 fully saturated rings. The third-order valence-corrected chi connectivity index (χ3v) is 8.48. The van der Waals surface area contributed by atoms with Crippen LogP contribution in [-0.4, -0.2) is 57.0 Å². The number of pyridine rings is 1. The fourth-order valence-corrected chi connectivity index (χ4v) is 6.17. The van der Waals surface area contributed by atoms with Crippen molar-refractivity contribution in [2.45, 2.75) is 36.6 Å². The standard InChI is InChI=1S/C30H25F2N5O4S/c1-16(25-11-18-13-33-9-8-24(18)36-25)35-29(40)26-12-19(42-41)15-37(26)27(38)14-34-28(39)17-6-7-23-21(10-17)20-4-2-3-5-22(20)30(23,31)32/h2-11,13,16,19,26H,12,14-15H2,1H3,(H2-,33,34,35,36,39,40)/p+1/t16-,19-,26+/m1/s1. The largest absolute Gasteiger partial charge is 0.464 e. The third-order valence-electron chi connectivity index (χ3n) is 7.86. The number of benzene rings is 2. The van der Waals surface area contributed by atoms with Crippen molar-refractivity contribution in [3.05, 3.63) is 89.4 Å². The number of hydrogen-bond acceptors (Lipinski definition) is 5. The molecular formula is C30H26F2N5O4S+. The lowest BCUT2D eigenvalue weighted by Crippen LogP contribution is -2.49. The number of nitrogens with one attached hydrogen (secondary N) is 3. The van der Waals surface area contributed by atoms with Crippen LogP contribution < -0.4 is 10.6 Å². The molecule has 2 aromatic carbocycles. The Labute approximate surface area is 243 Å². The lowest BCUT2D eigenvalue weighted by atomic mass is 10.0. The van der Waals surface area contributed by atoms with Crippen LogP contribution in [0.25, 0.3) is 22.0 Å². The van der Waals surface area contributed by atoms with Gasteiger partial charge in [0, 0.05) is 56.3 Å². The highest BCUT2D eigenvalue weighted by molar-refractivity contribution is 7.66. The second kappa shape index (κ2) is 10.7. The summed E-state index contributed by atoms with van der Waals surface area (Å²) in [6.07, 6.45) is 3.55. The van der Waals surface area contributed by atoms with Gasteiger partial charge in [-0.25, -0.2) is 0 Å². The average molecular weight is 591 g/mol. The summed E-state index contributed by atoms with van der Waals surface area (Å²) in [4.78, 5) is 48.0. The van der Waals surface area contributed by atoms with E-state index in [0.29, 0.717) is 17.2 Å². The second-order valence-electron chi connectivity index (χ2n) is 10.5. The van der Waals surface area contributed by atoms with Crippen molar-refractivity contribution in [2.24, 2.45) is 0 Å². The summed E-state index contributed by atoms with van der Waals surface area (Å²) in [6.45, 7) is 1.45. The van der Waals surface area contributed by atoms with E-state index in [1.165, 1.54) is 29.2 Å². The van der Waals surface area contributed by atoms with E-state index in [2.05, 4.69) is 20.6 Å². The van der Waals surface area contributed by atoms with Crippen molar-refractivity contribution >= 4 is 40.3 Å². The molecule has 1 aliphatic heterocycles. The van der Waals surface area contributed by atoms with Gasteiger partial charge < -0.3 is 20.5 Å². The molecule has 2 aliphatic rings. The van der Waals surface area contributed by atoms with Crippen molar-refractivity contribution < 1.29 is 27.4 Å². The molecule has 0 spiro atoms. The number of carbonyl (C=O) groups is 3. The topological polar surface area (TPSA) is 124 Å². The summed E-state index contributed by atoms with van der Waals surface area (Å²) in [7, 11) is 0. The molecule has 1 saturated heterocycles. The molecule has 4 aromatic rings. The van der Waals surface area contributed by atoms with Gasteiger partial charge in [0.25, 0.3) is 17.1 Å². The van der Waals surface area contributed by atoms with E-state index >= 15 is 0 Å². The smallest absolute Gasteiger partial charge is 0.357 e. The normalized spacial score (nSPS) is 19.2. The number of halogens is 2. The first-order chi connectivity index (χ1) is 20.2. The first kappa shape index (κ1) is 27.6. The number of fused-ring (bicyclic) bond motifs is 4. The number of aromatic nitrogens is 2. The van der Waals surface area contributed by atoms with E-state index in [1.807, 2.05) is 19.1 Å². The number of nitrogens with zero attached hydrogens (tertiary/aromatic N) is 2. The van der Waals surface area contributed by atoms with Crippen LogP contribution in [0, 0.1) is 0 Å². The molecule has 0 unspecified atom stereocenters. The predicted octanol–water partition coefficient (Wildman–Crippen LogP) is 3.69. The van der Waals surface area contributed by atoms with Gasteiger partial charge in [-0.1, -0.05) is 30.3 Å². The minimum Gasteiger partial charge on any atom is -0.357 e. The molecule has 6 rings (SSSR count). The van der Waals surface area contributed by atoms with Crippen LogP contribution in [0.2, 0.25) is 0 Å². The fourth-order valence-electron chi connectivity index (χ4n) is 5.69. The average Bonchev–Trinajstić information content (AvgIpc) is 3.69. The van der Waals surface area contributed by atoms with Crippen molar-refractivity contribution in [1.29, 1.82) is 0 Å². The van der Waals surface area contributed by atoms with Crippen LogP contribution in [-0.2, 0) is 31.4 Å². The zero-order chi connectivity index (χ0) is 29.6. The molecule has 0 radical (unpaired) electrons. The van der Waals surface area contributed by atoms with Gasteiger partial charge in [-0.2, -0.15) is 8.78 Å². The number of carbonyl (C=O) groups excluding carboxylic acids is 3. The van der Waals surface area contributed by atoms with Gasteiger partial charge in [0.2, 0.25) is 11.8 Å². The number of hydrogen-bond donors (Lipinski definition) is 3. The van der Waals surface area contributed by atoms with Gasteiger partial charge in [-0.15, -0.1) is 0 Å². The summed E-state index contributed by atoms with van der Waals surface area (Å²) >= 11 is 0.334. The number of aromatic amines is 1. The SMILES string of the molecule is C[C@@H](NC(=O)[C@@H]1C[C@@H]([S+]=O)CN1C(=O)CNC(=O)c1ccc2c(c1)-c1ccccc1C2(F)F)c1cc2cnccc2[nH]1. The summed E-state index contributed by atoms with van der Waals surface area (Å²) in [5, 5.41) is 5.87. The van der Waals surface area contributed by atoms with Gasteiger partial charge in [0.05, 0.1) is 19.1 Å². The van der Waals surface area contributed by atoms with Crippen molar-refractivity contribution in [3.63, 3.8) is 0 Å². The minimum absolute atomic E-state index is 0.0676. The monoisotopic (exact) mass is 590 g/mol. The Bertz CT molecular complexity index is 1710. The lowest BCUT2D eigenvalue weighted by molar-refractivity contribution is -0.137. The first-order valence-electron chi connectivity index (χ1n) is 13.4. The molecule has 0 saturated carbocycles. The Morgan fingerprint density at radius 2 is 1.90 bits per heavy atom. The summed E-state index contributed by atoms with van der Waals surface area (Å²) in [5.41, 5.74) is 2.09. The Morgan fingerprint density at radius 3 is 2.69 bits per heavy atom. The van der Waals surface area contributed by atoms with Crippen molar-refractivity contribution in [2.75, 3.05) is 13.1 Å². The van der Waals surface area contributed by atoms with Gasteiger partial charge >= 0.3 is 11.7 Å². The first-order valence-corrected chi connectivity index (χ1v) is 14.2. The van der Waals surface area contributed by atoms with Crippen molar-refractivity contribution in [3.8, 4) is 11.1 Å². The van der Waals surface area contributed by atoms with Gasteiger partial charge in [-0.3, -0.25) is 19.4 Å². The van der Waals surface area contributed by atoms with E-state index in [-0.39, 0.29) is 35.2 Å². The fraction of sp³-hybridized carbons (Fsp3) is 0.267. The molecule has 12 heteroatoms. The molecule has 9 nitrogen and oxygen atoms in total. The minimum atomic E-state index is -3.17. The quantitative estimate of drug-likeness (QED) is 0.283. The summed E-state index contributed by atoms with van der Waals surface area (Å²) in [6, 6.07) is 12.5. The maximum Gasteiger partial charge on any atom is 0.464 e. The van der Waals surface area contributed by atoms with Gasteiger partial charge in [0.1, 0.15) is 6.04 Å². The molecule has 2 aromatic heterocycles. The number of amides is 3. The van der Waals surface area contributed by atoms with Crippen LogP contribution in [0.15, 0.2) is 67.0 Å². The Morgan fingerprint density at radius 1 is 1.12 bits per heavy atom. The lowest BCUT2D eigenvalue weighted by Gasteiger charge is -2.25. The van der Waals surface area contributed by atoms with E-state index < -0.39 is 47.5 Å². The van der Waals surface area contributed by atoms with Gasteiger partial charge in [-0.05, 0) is 42.3 Å². The molecule has 214 valence electrons. The maximum absolute atomic E-state index is 14.9. The zero-order valence-electron chi connectivity index (χ0n) is 22.4. The van der Waals surface area contributed by atoms with Crippen LogP contribution in [0.5, 0.6) is 0 Å². The second-order valence-corrected chi connectivity index (χ2v) is 11.4. The van der Waals surface area contributed by atoms with Crippen LogP contribution in [0.1, 0.15) is 46.6 Å². The number of alkyl halides is 2. The third kappa shape index (κ3) is 4.81. The van der Waals surface area contributed by atoms with Crippen LogP contribution in [0.4, 0.5) is 8.78 Å². The molecular weight excluding hydrogens is 564 g/mol. The van der Waals surface area contributed by atoms with Crippen molar-refractivity contribution in [1.82, 2.24) is 25.5 Å². The molecule has 1 aliphatic carbocycles. The highest BCUT2D eigenvalue weighted by Crippen LogP contribution is 2.50. The molecule has 0 bridgehead atoms. The maximum atomic E-state index is 14.9. The summed E-state index contributed by atoms with van der Waals surface area (Å²) in [5.74, 6) is -4.71. The molecule has 3 N–H and O–H groups in total. The number of rotatable bonds is 7. The Kier molecular flexibility index (Phi) is 7.01. The van der Waals surface area contributed by atoms with Crippen LogP contribution in [0.3, 0.4) is 0 Å². The highest BCUT2D eigenvalue weighted by Gasteiger charge is 2.46. The van der Waals surface area contributed by atoms with E-state index in [4.69, 9.17) is 0 Å². The number of likely N-dealkylation sites (tertiary alicyclic amines) is 1. The zero-order valence-corrected chi connectivity index (χ0v) is 23.2. The van der Waals surface area contributed by atoms with E-state index in [0.717, 1.165) is 16.6 Å². The van der Waals surface area contributed by atoms with E-state index in [1.54, 1.807) is 30.6 Å².